The van der Waals surface area contributed by atoms with Gasteiger partial charge in [-0.2, -0.15) is 0 Å². The number of Topliss-reactive ketones (excluding diaryl/α,β-unsaturated/α-hetero) is 1. The topological polar surface area (TPSA) is 37.4 Å². The maximum absolute atomic E-state index is 14.2. The largest absolute Gasteiger partial charge is 0.331 e. The van der Waals surface area contributed by atoms with E-state index >= 15 is 0 Å². The SMILES string of the molecule is C=CC[C@@]1(C)CC(c2cccc(Cl)c2)C(c2ccc(Cl)cc2)N(C(CC)[C@@H](C)C(C)=O)C1=O. The van der Waals surface area contributed by atoms with Crippen molar-refractivity contribution < 1.29 is 9.59 Å². The Morgan fingerprint density at radius 2 is 1.85 bits per heavy atom. The van der Waals surface area contributed by atoms with E-state index in [1.54, 1.807) is 6.92 Å². The van der Waals surface area contributed by atoms with Gasteiger partial charge in [0, 0.05) is 27.9 Å². The Labute approximate surface area is 207 Å². The van der Waals surface area contributed by atoms with E-state index in [-0.39, 0.29) is 35.6 Å². The third kappa shape index (κ3) is 5.20. The molecule has 2 aromatic rings. The maximum Gasteiger partial charge on any atom is 0.229 e. The van der Waals surface area contributed by atoms with Crippen molar-refractivity contribution in [1.82, 2.24) is 4.90 Å². The highest BCUT2D eigenvalue weighted by Gasteiger charge is 2.51. The summed E-state index contributed by atoms with van der Waals surface area (Å²) in [7, 11) is 0. The van der Waals surface area contributed by atoms with Crippen LogP contribution in [0.15, 0.2) is 61.2 Å². The molecule has 3 nitrogen and oxygen atoms in total. The molecule has 0 radical (unpaired) electrons. The number of halogens is 2. The molecule has 5 heteroatoms. The lowest BCUT2D eigenvalue weighted by atomic mass is 9.66. The van der Waals surface area contributed by atoms with E-state index in [0.717, 1.165) is 11.1 Å². The van der Waals surface area contributed by atoms with E-state index in [1.807, 2.05) is 74.2 Å². The minimum absolute atomic E-state index is 0.000679. The average Bonchev–Trinajstić information content (AvgIpc) is 2.77. The number of benzene rings is 2. The molecule has 176 valence electrons. The zero-order valence-corrected chi connectivity index (χ0v) is 21.4. The number of carbonyl (C=O) groups excluding carboxylic acids is 2. The fourth-order valence-corrected chi connectivity index (χ4v) is 5.64. The molecule has 0 aliphatic carbocycles. The number of hydrogen-bond donors (Lipinski definition) is 0. The predicted octanol–water partition coefficient (Wildman–Crippen LogP) is 7.64. The lowest BCUT2D eigenvalue weighted by Gasteiger charge is -2.53. The highest BCUT2D eigenvalue weighted by Crippen LogP contribution is 2.52. The van der Waals surface area contributed by atoms with Gasteiger partial charge in [0.1, 0.15) is 5.78 Å². The fourth-order valence-electron chi connectivity index (χ4n) is 5.31. The third-order valence-corrected chi connectivity index (χ3v) is 7.67. The molecule has 0 spiro atoms. The van der Waals surface area contributed by atoms with Crippen molar-refractivity contribution in [3.05, 3.63) is 82.4 Å². The number of allylic oxidation sites excluding steroid dienone is 1. The van der Waals surface area contributed by atoms with Gasteiger partial charge in [0.2, 0.25) is 5.91 Å². The highest BCUT2D eigenvalue weighted by atomic mass is 35.5. The van der Waals surface area contributed by atoms with Gasteiger partial charge < -0.3 is 4.90 Å². The van der Waals surface area contributed by atoms with Crippen molar-refractivity contribution in [1.29, 1.82) is 0 Å². The predicted molar refractivity (Wildman–Crippen MR) is 137 cm³/mol. The van der Waals surface area contributed by atoms with Crippen LogP contribution in [-0.4, -0.2) is 22.6 Å². The number of hydrogen-bond acceptors (Lipinski definition) is 2. The van der Waals surface area contributed by atoms with Gasteiger partial charge >= 0.3 is 0 Å². The quantitative estimate of drug-likeness (QED) is 0.360. The second kappa shape index (κ2) is 10.4. The van der Waals surface area contributed by atoms with Crippen molar-refractivity contribution in [2.45, 2.75) is 65.0 Å². The Morgan fingerprint density at radius 3 is 2.39 bits per heavy atom. The molecule has 1 heterocycles. The fraction of sp³-hybridized carbons (Fsp3) is 0.429. The van der Waals surface area contributed by atoms with Crippen LogP contribution in [0.2, 0.25) is 10.0 Å². The second-order valence-electron chi connectivity index (χ2n) is 9.50. The number of likely N-dealkylation sites (tertiary alicyclic amines) is 1. The molecule has 3 unspecified atom stereocenters. The van der Waals surface area contributed by atoms with E-state index in [9.17, 15) is 9.59 Å². The van der Waals surface area contributed by atoms with Crippen LogP contribution in [-0.2, 0) is 9.59 Å². The standard InChI is InChI=1S/C28H33Cl2NO2/c1-6-15-28(5)17-24(21-9-8-10-23(30)16-21)26(20-11-13-22(29)14-12-20)31(27(28)33)25(7-2)18(3)19(4)32/h6,8-14,16,18,24-26H,1,7,15,17H2,2-5H3/t18-,24?,25?,26?,28-/m0/s1. The van der Waals surface area contributed by atoms with Crippen molar-refractivity contribution in [3.63, 3.8) is 0 Å². The molecule has 0 N–H and O–H groups in total. The molecule has 0 aromatic heterocycles. The van der Waals surface area contributed by atoms with E-state index in [4.69, 9.17) is 23.2 Å². The smallest absolute Gasteiger partial charge is 0.229 e. The van der Waals surface area contributed by atoms with Crippen LogP contribution in [0.1, 0.15) is 70.0 Å². The Morgan fingerprint density at radius 1 is 1.18 bits per heavy atom. The maximum atomic E-state index is 14.2. The molecular weight excluding hydrogens is 453 g/mol. The molecule has 1 aliphatic heterocycles. The average molecular weight is 486 g/mol. The van der Waals surface area contributed by atoms with Crippen molar-refractivity contribution in [3.8, 4) is 0 Å². The van der Waals surface area contributed by atoms with Crippen LogP contribution in [0.4, 0.5) is 0 Å². The summed E-state index contributed by atoms with van der Waals surface area (Å²) in [5.41, 5.74) is 1.47. The molecule has 5 atom stereocenters. The van der Waals surface area contributed by atoms with Gasteiger partial charge in [-0.05, 0) is 61.6 Å². The molecule has 1 saturated heterocycles. The number of amides is 1. The molecule has 2 aromatic carbocycles. The van der Waals surface area contributed by atoms with Crippen LogP contribution in [0, 0.1) is 11.3 Å². The van der Waals surface area contributed by atoms with Gasteiger partial charge in [-0.15, -0.1) is 6.58 Å². The van der Waals surface area contributed by atoms with E-state index in [0.29, 0.717) is 29.3 Å². The number of carbonyl (C=O) groups is 2. The zero-order valence-electron chi connectivity index (χ0n) is 19.9. The van der Waals surface area contributed by atoms with E-state index in [1.165, 1.54) is 0 Å². The summed E-state index contributed by atoms with van der Waals surface area (Å²) in [5, 5.41) is 1.31. The van der Waals surface area contributed by atoms with E-state index < -0.39 is 5.41 Å². The van der Waals surface area contributed by atoms with Crippen LogP contribution in [0.25, 0.3) is 0 Å². The van der Waals surface area contributed by atoms with Crippen molar-refractivity contribution >= 4 is 34.9 Å². The lowest BCUT2D eigenvalue weighted by molar-refractivity contribution is -0.157. The lowest BCUT2D eigenvalue weighted by Crippen LogP contribution is -2.57. The van der Waals surface area contributed by atoms with Crippen molar-refractivity contribution in [2.24, 2.45) is 11.3 Å². The first kappa shape index (κ1) is 25.5. The summed E-state index contributed by atoms with van der Waals surface area (Å²) < 4.78 is 0. The highest BCUT2D eigenvalue weighted by molar-refractivity contribution is 6.30. The van der Waals surface area contributed by atoms with E-state index in [2.05, 4.69) is 12.6 Å². The number of rotatable bonds is 8. The molecule has 33 heavy (non-hydrogen) atoms. The molecule has 0 saturated carbocycles. The zero-order chi connectivity index (χ0) is 24.3. The van der Waals surface area contributed by atoms with Crippen molar-refractivity contribution in [2.75, 3.05) is 0 Å². The second-order valence-corrected chi connectivity index (χ2v) is 10.4. The number of ketones is 1. The molecular formula is C28H33Cl2NO2. The summed E-state index contributed by atoms with van der Waals surface area (Å²) >= 11 is 12.6. The normalized spacial score (nSPS) is 24.9. The van der Waals surface area contributed by atoms with Gasteiger partial charge in [0.05, 0.1) is 11.5 Å². The number of nitrogens with zero attached hydrogens (tertiary/aromatic N) is 1. The summed E-state index contributed by atoms with van der Waals surface area (Å²) in [4.78, 5) is 28.6. The van der Waals surface area contributed by atoms with Gasteiger partial charge in [0.25, 0.3) is 0 Å². The molecule has 1 aliphatic rings. The minimum atomic E-state index is -0.623. The van der Waals surface area contributed by atoms with Gasteiger partial charge in [-0.3, -0.25) is 9.59 Å². The van der Waals surface area contributed by atoms with Gasteiger partial charge in [-0.25, -0.2) is 0 Å². The minimum Gasteiger partial charge on any atom is -0.331 e. The first-order valence-electron chi connectivity index (χ1n) is 11.6. The van der Waals surface area contributed by atoms with Crippen LogP contribution < -0.4 is 0 Å². The van der Waals surface area contributed by atoms with Crippen LogP contribution in [0.3, 0.4) is 0 Å². The Balaban J connectivity index is 2.27. The summed E-state index contributed by atoms with van der Waals surface area (Å²) in [6.45, 7) is 11.5. The summed E-state index contributed by atoms with van der Waals surface area (Å²) in [5.74, 6) is -0.124. The van der Waals surface area contributed by atoms with Gasteiger partial charge in [-0.1, -0.05) is 74.3 Å². The number of piperidine rings is 1. The molecule has 1 amide bonds. The monoisotopic (exact) mass is 485 g/mol. The summed E-state index contributed by atoms with van der Waals surface area (Å²) in [6, 6.07) is 15.1. The molecule has 0 bridgehead atoms. The van der Waals surface area contributed by atoms with Crippen LogP contribution >= 0.6 is 23.2 Å². The van der Waals surface area contributed by atoms with Crippen LogP contribution in [0.5, 0.6) is 0 Å². The first-order valence-corrected chi connectivity index (χ1v) is 12.3. The Kier molecular flexibility index (Phi) is 8.08. The Bertz CT molecular complexity index is 1020. The Hall–Kier alpha value is -2.10. The molecule has 3 rings (SSSR count). The third-order valence-electron chi connectivity index (χ3n) is 7.18. The first-order chi connectivity index (χ1) is 15.6. The summed E-state index contributed by atoms with van der Waals surface area (Å²) in [6.07, 6.45) is 3.73. The van der Waals surface area contributed by atoms with Gasteiger partial charge in [0.15, 0.2) is 0 Å². The molecule has 1 fully saturated rings.